The van der Waals surface area contributed by atoms with Crippen LogP contribution < -0.4 is 14.2 Å². The summed E-state index contributed by atoms with van der Waals surface area (Å²) in [7, 11) is -4.23. The van der Waals surface area contributed by atoms with E-state index in [2.05, 4.69) is 35.8 Å². The first-order valence-corrected chi connectivity index (χ1v) is 18.5. The van der Waals surface area contributed by atoms with Crippen molar-refractivity contribution in [3.8, 4) is 17.4 Å². The van der Waals surface area contributed by atoms with Crippen molar-refractivity contribution in [2.24, 2.45) is 11.3 Å². The highest BCUT2D eigenvalue weighted by Gasteiger charge is 2.62. The second-order valence-corrected chi connectivity index (χ2v) is 15.6. The van der Waals surface area contributed by atoms with Crippen molar-refractivity contribution in [3.63, 3.8) is 0 Å². The average Bonchev–Trinajstić information content (AvgIpc) is 3.59. The van der Waals surface area contributed by atoms with Gasteiger partial charge in [0.05, 0.1) is 29.1 Å². The van der Waals surface area contributed by atoms with Crippen LogP contribution in [-0.2, 0) is 10.0 Å². The molecule has 2 aromatic heterocycles. The zero-order valence-electron chi connectivity index (χ0n) is 27.9. The number of halogens is 4. The number of amides is 1. The summed E-state index contributed by atoms with van der Waals surface area (Å²) in [6, 6.07) is 9.99. The van der Waals surface area contributed by atoms with Crippen LogP contribution >= 0.6 is 11.6 Å². The third-order valence-corrected chi connectivity index (χ3v) is 11.1. The molecule has 268 valence electrons. The number of rotatable bonds is 16. The Morgan fingerprint density at radius 2 is 1.80 bits per heavy atom. The predicted octanol–water partition coefficient (Wildman–Crippen LogP) is 7.21. The molecule has 1 aromatic carbocycles. The number of aromatic nitrogens is 3. The molecule has 5 rings (SSSR count). The van der Waals surface area contributed by atoms with Crippen molar-refractivity contribution in [1.82, 2.24) is 24.4 Å². The lowest BCUT2D eigenvalue weighted by Crippen LogP contribution is -2.38. The van der Waals surface area contributed by atoms with E-state index in [1.54, 1.807) is 12.1 Å². The van der Waals surface area contributed by atoms with E-state index in [0.29, 0.717) is 18.3 Å². The molecule has 1 unspecified atom stereocenters. The van der Waals surface area contributed by atoms with Gasteiger partial charge in [-0.1, -0.05) is 24.9 Å². The second kappa shape index (κ2) is 14.9. The Labute approximate surface area is 290 Å². The van der Waals surface area contributed by atoms with Crippen LogP contribution in [0, 0.1) is 11.3 Å². The van der Waals surface area contributed by atoms with E-state index in [1.165, 1.54) is 60.5 Å². The van der Waals surface area contributed by atoms with Crippen molar-refractivity contribution in [1.29, 1.82) is 0 Å². The molecule has 3 aromatic rings. The van der Waals surface area contributed by atoms with Gasteiger partial charge in [0.2, 0.25) is 5.88 Å². The molecular weight excluding hydrogens is 683 g/mol. The van der Waals surface area contributed by atoms with E-state index in [0.717, 1.165) is 25.9 Å². The maximum absolute atomic E-state index is 13.1. The number of alkyl halides is 3. The molecular formula is C34H43ClF3N5O5S. The average molecular weight is 726 g/mol. The van der Waals surface area contributed by atoms with Crippen molar-refractivity contribution < 1.29 is 35.9 Å². The number of carbonyl (C=O) groups excluding carboxylic acids is 1. The van der Waals surface area contributed by atoms with Crippen LogP contribution in [0.3, 0.4) is 0 Å². The van der Waals surface area contributed by atoms with E-state index in [4.69, 9.17) is 21.1 Å². The summed E-state index contributed by atoms with van der Waals surface area (Å²) in [5.74, 6) is 0.472. The summed E-state index contributed by atoms with van der Waals surface area (Å²) in [4.78, 5) is 19.5. The Morgan fingerprint density at radius 3 is 2.45 bits per heavy atom. The molecule has 10 nitrogen and oxygen atoms in total. The van der Waals surface area contributed by atoms with Crippen molar-refractivity contribution >= 4 is 27.5 Å². The third kappa shape index (κ3) is 9.06. The monoisotopic (exact) mass is 725 g/mol. The fraction of sp³-hybridized carbons (Fsp3) is 0.559. The number of hydrogen-bond acceptors (Lipinski definition) is 8. The number of pyridine rings is 1. The number of nitrogens with one attached hydrogen (secondary N) is 1. The van der Waals surface area contributed by atoms with E-state index in [-0.39, 0.29) is 58.7 Å². The number of sulfonamides is 1. The normalized spacial score (nSPS) is 18.7. The van der Waals surface area contributed by atoms with Gasteiger partial charge in [-0.05, 0) is 108 Å². The van der Waals surface area contributed by atoms with Gasteiger partial charge in [-0.25, -0.2) is 22.8 Å². The molecule has 2 aliphatic rings. The first kappa shape index (κ1) is 36.9. The van der Waals surface area contributed by atoms with E-state index < -0.39 is 27.5 Å². The Hall–Kier alpha value is -3.36. The first-order chi connectivity index (χ1) is 23.1. The van der Waals surface area contributed by atoms with Crippen LogP contribution in [0.2, 0.25) is 5.15 Å². The fourth-order valence-corrected chi connectivity index (χ4v) is 7.52. The van der Waals surface area contributed by atoms with E-state index >= 15 is 0 Å². The Bertz CT molecular complexity index is 1710. The highest BCUT2D eigenvalue weighted by atomic mass is 35.5. The van der Waals surface area contributed by atoms with Crippen LogP contribution in [0.5, 0.6) is 11.6 Å². The molecule has 1 amide bonds. The molecule has 49 heavy (non-hydrogen) atoms. The summed E-state index contributed by atoms with van der Waals surface area (Å²) in [6.07, 6.45) is 2.77. The molecule has 15 heteroatoms. The quantitative estimate of drug-likeness (QED) is 0.122. The van der Waals surface area contributed by atoms with Crippen LogP contribution in [-0.4, -0.2) is 72.0 Å². The Kier molecular flexibility index (Phi) is 11.2. The standard InChI is InChI=1S/C34H43ClF3N5O5S/c1-4-5-18-42-23-24(22-32(42,2)3)7-6-20-47-25-8-10-26(11-9-25)49(45,46)41-31(44)27-12-13-28(39-30(27)35)43-19-14-29(40-43)48-21-17-33(15-16-33)34(36,37)38/h8-14,19,24H,4-7,15-18,20-23H2,1-3H3,(H,41,44). The van der Waals surface area contributed by atoms with Gasteiger partial charge in [0.15, 0.2) is 5.82 Å². The van der Waals surface area contributed by atoms with E-state index in [9.17, 15) is 26.4 Å². The second-order valence-electron chi connectivity index (χ2n) is 13.6. The van der Waals surface area contributed by atoms with Crippen LogP contribution in [0.4, 0.5) is 13.2 Å². The molecule has 0 radical (unpaired) electrons. The summed E-state index contributed by atoms with van der Waals surface area (Å²) in [5.41, 5.74) is -1.63. The number of hydrogen-bond donors (Lipinski definition) is 1. The molecule has 1 saturated heterocycles. The molecule has 1 aliphatic heterocycles. The van der Waals surface area contributed by atoms with Gasteiger partial charge in [0.1, 0.15) is 10.9 Å². The van der Waals surface area contributed by atoms with Gasteiger partial charge >= 0.3 is 6.18 Å². The van der Waals surface area contributed by atoms with Crippen molar-refractivity contribution in [2.75, 3.05) is 26.3 Å². The minimum atomic E-state index is -4.26. The smallest absolute Gasteiger partial charge is 0.394 e. The summed E-state index contributed by atoms with van der Waals surface area (Å²) >= 11 is 6.24. The van der Waals surface area contributed by atoms with E-state index in [1.807, 2.05) is 4.72 Å². The minimum absolute atomic E-state index is 0.0944. The summed E-state index contributed by atoms with van der Waals surface area (Å²) in [5, 5.41) is 3.87. The molecule has 2 fully saturated rings. The molecule has 1 atom stereocenters. The SMILES string of the molecule is CCCCN1CC(CCCOc2ccc(S(=O)(=O)NC(=O)c3ccc(-n4ccc(OCCC5(C(F)(F)F)CC5)n4)nc3Cl)cc2)CC1(C)C. The zero-order chi connectivity index (χ0) is 35.5. The first-order valence-electron chi connectivity index (χ1n) is 16.6. The van der Waals surface area contributed by atoms with Gasteiger partial charge in [-0.15, -0.1) is 5.10 Å². The van der Waals surface area contributed by atoms with Crippen LogP contribution in [0.15, 0.2) is 53.6 Å². The van der Waals surface area contributed by atoms with Gasteiger partial charge in [-0.2, -0.15) is 13.2 Å². The third-order valence-electron chi connectivity index (χ3n) is 9.45. The summed E-state index contributed by atoms with van der Waals surface area (Å²) in [6.45, 7) is 9.46. The maximum Gasteiger partial charge on any atom is 0.394 e. The van der Waals surface area contributed by atoms with Crippen molar-refractivity contribution in [2.45, 2.75) is 88.7 Å². The number of unbranched alkanes of at least 4 members (excludes halogenated alkanes) is 1. The number of ether oxygens (including phenoxy) is 2. The van der Waals surface area contributed by atoms with Crippen LogP contribution in [0.25, 0.3) is 5.82 Å². The highest BCUT2D eigenvalue weighted by Crippen LogP contribution is 2.59. The number of nitrogens with zero attached hydrogens (tertiary/aromatic N) is 4. The molecule has 3 heterocycles. The Morgan fingerprint density at radius 1 is 1.06 bits per heavy atom. The topological polar surface area (TPSA) is 116 Å². The van der Waals surface area contributed by atoms with Gasteiger partial charge in [0.25, 0.3) is 15.9 Å². The predicted molar refractivity (Wildman–Crippen MR) is 179 cm³/mol. The molecule has 1 saturated carbocycles. The summed E-state index contributed by atoms with van der Waals surface area (Å²) < 4.78 is 79.9. The van der Waals surface area contributed by atoms with Gasteiger partial charge in [-0.3, -0.25) is 9.69 Å². The van der Waals surface area contributed by atoms with Gasteiger partial charge in [0, 0.05) is 24.3 Å². The largest absolute Gasteiger partial charge is 0.494 e. The molecule has 0 bridgehead atoms. The molecule has 0 spiro atoms. The maximum atomic E-state index is 13.1. The lowest BCUT2D eigenvalue weighted by atomic mass is 9.93. The number of benzene rings is 1. The lowest BCUT2D eigenvalue weighted by Gasteiger charge is -2.31. The Balaban J connectivity index is 1.09. The lowest BCUT2D eigenvalue weighted by molar-refractivity contribution is -0.190. The number of carbonyl (C=O) groups is 1. The van der Waals surface area contributed by atoms with Crippen molar-refractivity contribution in [3.05, 3.63) is 59.4 Å². The zero-order valence-corrected chi connectivity index (χ0v) is 29.5. The highest BCUT2D eigenvalue weighted by molar-refractivity contribution is 7.90. The van der Waals surface area contributed by atoms with Crippen LogP contribution in [0.1, 0.15) is 82.5 Å². The minimum Gasteiger partial charge on any atom is -0.494 e. The molecule has 1 N–H and O–H groups in total. The molecule has 1 aliphatic carbocycles. The van der Waals surface area contributed by atoms with Gasteiger partial charge < -0.3 is 9.47 Å². The number of likely N-dealkylation sites (tertiary alicyclic amines) is 1. The fourth-order valence-electron chi connectivity index (χ4n) is 6.32.